The molecule has 0 rings (SSSR count). The third-order valence-electron chi connectivity index (χ3n) is 14.7. The number of ether oxygens (including phenoxy) is 3. The Hall–Kier alpha value is -3.15. The highest BCUT2D eigenvalue weighted by atomic mass is 16.6. The molecule has 0 N–H and O–H groups in total. The fourth-order valence-electron chi connectivity index (χ4n) is 9.70. The third kappa shape index (κ3) is 63.6. The van der Waals surface area contributed by atoms with E-state index < -0.39 is 6.10 Å². The van der Waals surface area contributed by atoms with Crippen LogP contribution >= 0.6 is 0 Å². The van der Waals surface area contributed by atoms with Crippen LogP contribution < -0.4 is 0 Å². The molecule has 1 atom stereocenters. The van der Waals surface area contributed by atoms with Crippen molar-refractivity contribution in [3.63, 3.8) is 0 Å². The molecule has 0 radical (unpaired) electrons. The average molecular weight is 1080 g/mol. The molecule has 446 valence electrons. The van der Waals surface area contributed by atoms with Crippen molar-refractivity contribution < 1.29 is 28.6 Å². The van der Waals surface area contributed by atoms with E-state index in [9.17, 15) is 14.4 Å². The van der Waals surface area contributed by atoms with Crippen molar-refractivity contribution in [2.45, 2.75) is 348 Å². The molecule has 0 aliphatic rings. The standard InChI is InChI=1S/C71H126O6/c1-4-7-10-13-16-19-22-25-28-30-32-33-34-35-36-37-39-40-43-46-49-52-55-58-61-64-70(73)76-67-68(66-75-69(72)63-60-57-54-51-48-45-42-27-24-21-18-15-12-9-6-3)77-71(74)65-62-59-56-53-50-47-44-41-38-31-29-26-23-20-17-14-11-8-5-2/h7,10,16,19,25,27-28,32-33,35-36,42,68H,4-6,8-9,11-15,17-18,20-24,26,29-31,34,37-41,43-67H2,1-3H3/b10-7-,19-16-,28-25-,33-32-,36-35-,42-27-. The fourth-order valence-corrected chi connectivity index (χ4v) is 9.70. The number of carbonyl (C=O) groups is 3. The summed E-state index contributed by atoms with van der Waals surface area (Å²) in [6.07, 6.45) is 84.8. The van der Waals surface area contributed by atoms with Crippen LogP contribution in [0.15, 0.2) is 72.9 Å². The van der Waals surface area contributed by atoms with E-state index in [1.54, 1.807) is 0 Å². The van der Waals surface area contributed by atoms with E-state index >= 15 is 0 Å². The SMILES string of the molecule is CC/C=C\C/C=C\C/C=C\C/C=C\C/C=C\CCCCCCCCCCCC(=O)OCC(COC(=O)CCCCCCC/C=C\CCCCCCCC)OC(=O)CCCCCCCCCCCCCCCCCCCCC. The second-order valence-corrected chi connectivity index (χ2v) is 22.4. The van der Waals surface area contributed by atoms with Gasteiger partial charge in [0.05, 0.1) is 0 Å². The van der Waals surface area contributed by atoms with Gasteiger partial charge in [-0.1, -0.05) is 306 Å². The maximum Gasteiger partial charge on any atom is 0.306 e. The Balaban J connectivity index is 4.33. The fraction of sp³-hybridized carbons (Fsp3) is 0.789. The molecule has 0 saturated carbocycles. The van der Waals surface area contributed by atoms with Crippen LogP contribution in [0, 0.1) is 0 Å². The smallest absolute Gasteiger partial charge is 0.306 e. The molecule has 0 fully saturated rings. The van der Waals surface area contributed by atoms with E-state index in [-0.39, 0.29) is 31.1 Å². The highest BCUT2D eigenvalue weighted by Gasteiger charge is 2.19. The first-order valence-corrected chi connectivity index (χ1v) is 33.4. The Kier molecular flexibility index (Phi) is 62.7. The van der Waals surface area contributed by atoms with Crippen LogP contribution in [0.3, 0.4) is 0 Å². The van der Waals surface area contributed by atoms with Crippen molar-refractivity contribution in [2.24, 2.45) is 0 Å². The summed E-state index contributed by atoms with van der Waals surface area (Å²) in [7, 11) is 0. The molecular formula is C71H126O6. The average Bonchev–Trinajstić information content (AvgIpc) is 3.43. The van der Waals surface area contributed by atoms with Crippen molar-refractivity contribution in [1.29, 1.82) is 0 Å². The van der Waals surface area contributed by atoms with E-state index in [1.165, 1.54) is 199 Å². The van der Waals surface area contributed by atoms with Crippen molar-refractivity contribution >= 4 is 17.9 Å². The van der Waals surface area contributed by atoms with Gasteiger partial charge < -0.3 is 14.2 Å². The Morgan fingerprint density at radius 1 is 0.273 bits per heavy atom. The molecule has 0 aromatic carbocycles. The Labute approximate surface area is 478 Å². The second-order valence-electron chi connectivity index (χ2n) is 22.4. The summed E-state index contributed by atoms with van der Waals surface area (Å²) in [5.41, 5.74) is 0. The number of hydrogen-bond acceptors (Lipinski definition) is 6. The minimum atomic E-state index is -0.781. The van der Waals surface area contributed by atoms with Gasteiger partial charge in [-0.3, -0.25) is 14.4 Å². The largest absolute Gasteiger partial charge is 0.462 e. The summed E-state index contributed by atoms with van der Waals surface area (Å²) >= 11 is 0. The molecular weight excluding hydrogens is 949 g/mol. The van der Waals surface area contributed by atoms with E-state index in [4.69, 9.17) is 14.2 Å². The summed E-state index contributed by atoms with van der Waals surface area (Å²) in [5, 5.41) is 0. The number of rotatable bonds is 61. The molecule has 6 heteroatoms. The van der Waals surface area contributed by atoms with Crippen LogP contribution in [0.5, 0.6) is 0 Å². The molecule has 6 nitrogen and oxygen atoms in total. The van der Waals surface area contributed by atoms with E-state index in [0.29, 0.717) is 19.3 Å². The first-order chi connectivity index (χ1) is 38.0. The lowest BCUT2D eigenvalue weighted by Crippen LogP contribution is -2.30. The maximum absolute atomic E-state index is 12.9. The van der Waals surface area contributed by atoms with Crippen molar-refractivity contribution in [2.75, 3.05) is 13.2 Å². The number of hydrogen-bond donors (Lipinski definition) is 0. The highest BCUT2D eigenvalue weighted by Crippen LogP contribution is 2.17. The monoisotopic (exact) mass is 1070 g/mol. The molecule has 0 aliphatic heterocycles. The highest BCUT2D eigenvalue weighted by molar-refractivity contribution is 5.71. The van der Waals surface area contributed by atoms with Gasteiger partial charge in [0, 0.05) is 19.3 Å². The quantitative estimate of drug-likeness (QED) is 0.0261. The Bertz CT molecular complexity index is 1420. The topological polar surface area (TPSA) is 78.9 Å². The predicted molar refractivity (Wildman–Crippen MR) is 335 cm³/mol. The van der Waals surface area contributed by atoms with E-state index in [0.717, 1.165) is 103 Å². The third-order valence-corrected chi connectivity index (χ3v) is 14.7. The molecule has 77 heavy (non-hydrogen) atoms. The molecule has 0 aromatic rings. The van der Waals surface area contributed by atoms with E-state index in [1.807, 2.05) is 0 Å². The number of unbranched alkanes of at least 4 members (excludes halogenated alkanes) is 38. The van der Waals surface area contributed by atoms with Crippen LogP contribution in [0.1, 0.15) is 342 Å². The zero-order valence-corrected chi connectivity index (χ0v) is 51.2. The van der Waals surface area contributed by atoms with Gasteiger partial charge in [0.1, 0.15) is 13.2 Å². The van der Waals surface area contributed by atoms with Gasteiger partial charge in [-0.15, -0.1) is 0 Å². The number of esters is 3. The van der Waals surface area contributed by atoms with Crippen molar-refractivity contribution in [3.05, 3.63) is 72.9 Å². The zero-order valence-electron chi connectivity index (χ0n) is 51.2. The molecule has 0 heterocycles. The van der Waals surface area contributed by atoms with Crippen LogP contribution in [-0.4, -0.2) is 37.2 Å². The lowest BCUT2D eigenvalue weighted by atomic mass is 10.0. The Morgan fingerprint density at radius 2 is 0.506 bits per heavy atom. The summed E-state index contributed by atoms with van der Waals surface area (Å²) in [6, 6.07) is 0. The van der Waals surface area contributed by atoms with Crippen LogP contribution in [0.2, 0.25) is 0 Å². The van der Waals surface area contributed by atoms with Crippen molar-refractivity contribution in [1.82, 2.24) is 0 Å². The second kappa shape index (κ2) is 65.4. The lowest BCUT2D eigenvalue weighted by Gasteiger charge is -2.18. The normalized spacial score (nSPS) is 12.5. The summed E-state index contributed by atoms with van der Waals surface area (Å²) in [5.74, 6) is -0.872. The van der Waals surface area contributed by atoms with Crippen LogP contribution in [0.4, 0.5) is 0 Å². The van der Waals surface area contributed by atoms with Crippen molar-refractivity contribution in [3.8, 4) is 0 Å². The molecule has 0 aromatic heterocycles. The number of allylic oxidation sites excluding steroid dienone is 12. The summed E-state index contributed by atoms with van der Waals surface area (Å²) < 4.78 is 17.0. The van der Waals surface area contributed by atoms with Gasteiger partial charge in [-0.25, -0.2) is 0 Å². The minimum absolute atomic E-state index is 0.0778. The van der Waals surface area contributed by atoms with Gasteiger partial charge in [-0.2, -0.15) is 0 Å². The molecule has 1 unspecified atom stereocenters. The van der Waals surface area contributed by atoms with Crippen LogP contribution in [-0.2, 0) is 28.6 Å². The molecule has 0 amide bonds. The van der Waals surface area contributed by atoms with Gasteiger partial charge in [-0.05, 0) is 89.9 Å². The first-order valence-electron chi connectivity index (χ1n) is 33.4. The summed E-state index contributed by atoms with van der Waals surface area (Å²) in [4.78, 5) is 38.4. The predicted octanol–water partition coefficient (Wildman–Crippen LogP) is 22.9. The minimum Gasteiger partial charge on any atom is -0.462 e. The van der Waals surface area contributed by atoms with Crippen LogP contribution in [0.25, 0.3) is 0 Å². The molecule has 0 bridgehead atoms. The molecule has 0 spiro atoms. The molecule has 0 saturated heterocycles. The number of carbonyl (C=O) groups excluding carboxylic acids is 3. The van der Waals surface area contributed by atoms with Gasteiger partial charge in [0.25, 0.3) is 0 Å². The summed E-state index contributed by atoms with van der Waals surface area (Å²) in [6.45, 7) is 6.56. The van der Waals surface area contributed by atoms with Gasteiger partial charge in [0.15, 0.2) is 6.10 Å². The first kappa shape index (κ1) is 73.8. The lowest BCUT2D eigenvalue weighted by molar-refractivity contribution is -0.167. The maximum atomic E-state index is 12.9. The van der Waals surface area contributed by atoms with Gasteiger partial charge in [0.2, 0.25) is 0 Å². The molecule has 0 aliphatic carbocycles. The zero-order chi connectivity index (χ0) is 55.7. The van der Waals surface area contributed by atoms with Gasteiger partial charge >= 0.3 is 17.9 Å². The van der Waals surface area contributed by atoms with E-state index in [2.05, 4.69) is 93.7 Å². The Morgan fingerprint density at radius 3 is 0.805 bits per heavy atom.